The van der Waals surface area contributed by atoms with Crippen LogP contribution < -0.4 is 29.6 Å². The summed E-state index contributed by atoms with van der Waals surface area (Å²) in [7, 11) is 0. The number of carbonyl (C=O) groups is 2. The number of hydrogen-bond acceptors (Lipinski definition) is 4. The topological polar surface area (TPSA) is 52.6 Å². The van der Waals surface area contributed by atoms with Gasteiger partial charge in [-0.3, -0.25) is 9.59 Å². The molecule has 0 saturated carbocycles. The summed E-state index contributed by atoms with van der Waals surface area (Å²) in [5.41, 5.74) is 0. The van der Waals surface area contributed by atoms with Crippen molar-refractivity contribution < 1.29 is 50.0 Å². The molecule has 1 aliphatic rings. The van der Waals surface area contributed by atoms with Gasteiger partial charge >= 0.3 is 35.5 Å². The molecule has 0 aliphatic carbocycles. The van der Waals surface area contributed by atoms with E-state index in [2.05, 4.69) is 13.8 Å². The van der Waals surface area contributed by atoms with E-state index in [1.165, 1.54) is 70.6 Å². The van der Waals surface area contributed by atoms with Crippen molar-refractivity contribution in [2.75, 3.05) is 0 Å². The van der Waals surface area contributed by atoms with Gasteiger partial charge in [0.2, 0.25) is 0 Å². The molecule has 0 amide bonds. The van der Waals surface area contributed by atoms with Gasteiger partial charge in [0.1, 0.15) is 12.2 Å². The Morgan fingerprint density at radius 1 is 0.929 bits per heavy atom. The molecule has 0 aromatic heterocycles. The van der Waals surface area contributed by atoms with Gasteiger partial charge in [-0.1, -0.05) is 90.9 Å². The number of cyclic esters (lactones) is 1. The van der Waals surface area contributed by atoms with E-state index in [4.69, 9.17) is 9.47 Å². The van der Waals surface area contributed by atoms with Crippen LogP contribution in [0, 0.1) is 5.92 Å². The third-order valence-electron chi connectivity index (χ3n) is 5.76. The molecule has 160 valence electrons. The van der Waals surface area contributed by atoms with Crippen molar-refractivity contribution in [2.24, 2.45) is 5.92 Å². The summed E-state index contributed by atoms with van der Waals surface area (Å²) in [4.78, 5) is 22.6. The number of carbonyl (C=O) groups excluding carboxylic acids is 2. The van der Waals surface area contributed by atoms with Gasteiger partial charge in [0.25, 0.3) is 6.47 Å². The summed E-state index contributed by atoms with van der Waals surface area (Å²) in [6, 6.07) is 0. The zero-order valence-electron chi connectivity index (χ0n) is 19.8. The Morgan fingerprint density at radius 3 is 2.00 bits per heavy atom. The fourth-order valence-corrected chi connectivity index (χ4v) is 3.97. The van der Waals surface area contributed by atoms with Crippen LogP contribution in [-0.2, 0) is 19.1 Å². The summed E-state index contributed by atoms with van der Waals surface area (Å²) in [5, 5.41) is 0. The van der Waals surface area contributed by atoms with Gasteiger partial charge in [-0.25, -0.2) is 0 Å². The first-order valence-electron chi connectivity index (χ1n) is 11.5. The van der Waals surface area contributed by atoms with Gasteiger partial charge in [0, 0.05) is 6.42 Å². The maximum Gasteiger partial charge on any atom is 1.00 e. The average molecular weight is 407 g/mol. The molecule has 5 heteroatoms. The second-order valence-corrected chi connectivity index (χ2v) is 8.14. The first kappa shape index (κ1) is 27.9. The molecule has 1 fully saturated rings. The quantitative estimate of drug-likeness (QED) is 0.143. The van der Waals surface area contributed by atoms with E-state index in [9.17, 15) is 9.59 Å². The molecule has 28 heavy (non-hydrogen) atoms. The second kappa shape index (κ2) is 18.9. The molecule has 1 unspecified atom stereocenters. The van der Waals surface area contributed by atoms with Crippen LogP contribution in [0.1, 0.15) is 118 Å². The van der Waals surface area contributed by atoms with Crippen molar-refractivity contribution in [1.82, 2.24) is 0 Å². The van der Waals surface area contributed by atoms with Crippen LogP contribution in [0.4, 0.5) is 0 Å². The Bertz CT molecular complexity index is 395. The molecular weight excluding hydrogens is 363 g/mol. The predicted octanol–water partition coefficient (Wildman–Crippen LogP) is 3.47. The molecule has 4 nitrogen and oxygen atoms in total. The van der Waals surface area contributed by atoms with Crippen LogP contribution in [0.15, 0.2) is 0 Å². The number of rotatable bonds is 19. The number of esters is 1. The van der Waals surface area contributed by atoms with Crippen molar-refractivity contribution in [3.8, 4) is 0 Å². The minimum absolute atomic E-state index is 0. The van der Waals surface area contributed by atoms with Gasteiger partial charge in [-0.2, -0.15) is 0 Å². The molecule has 1 saturated heterocycles. The summed E-state index contributed by atoms with van der Waals surface area (Å²) in [6.07, 6.45) is 18.6. The van der Waals surface area contributed by atoms with E-state index < -0.39 is 0 Å². The van der Waals surface area contributed by atoms with E-state index in [0.717, 1.165) is 25.7 Å². The van der Waals surface area contributed by atoms with E-state index >= 15 is 0 Å². The molecule has 0 N–H and O–H groups in total. The smallest absolute Gasteiger partial charge is 1.00 e. The molecule has 1 heterocycles. The van der Waals surface area contributed by atoms with Gasteiger partial charge in [0.05, 0.1) is 5.92 Å². The summed E-state index contributed by atoms with van der Waals surface area (Å²) in [5.74, 6) is -0.0489. The van der Waals surface area contributed by atoms with Gasteiger partial charge in [0.15, 0.2) is 0 Å². The molecule has 0 spiro atoms. The third-order valence-corrected chi connectivity index (χ3v) is 5.76. The van der Waals surface area contributed by atoms with Crippen LogP contribution in [0.3, 0.4) is 0 Å². The molecule has 1 aliphatic heterocycles. The van der Waals surface area contributed by atoms with E-state index in [1.54, 1.807) is 0 Å². The molecule has 3 atom stereocenters. The Hall–Kier alpha value is -0.0600. The maximum absolute atomic E-state index is 11.7. The zero-order valence-corrected chi connectivity index (χ0v) is 20.8. The van der Waals surface area contributed by atoms with Gasteiger partial charge in [-0.15, -0.1) is 0 Å². The Morgan fingerprint density at radius 2 is 1.46 bits per heavy atom. The maximum atomic E-state index is 11.7. The molecule has 0 bridgehead atoms. The number of ether oxygens (including phenoxy) is 2. The van der Waals surface area contributed by atoms with Crippen LogP contribution in [0.2, 0.25) is 0 Å². The van der Waals surface area contributed by atoms with Crippen LogP contribution in [-0.4, -0.2) is 24.6 Å². The molecule has 0 aromatic rings. The summed E-state index contributed by atoms with van der Waals surface area (Å²) < 4.78 is 10.6. The van der Waals surface area contributed by atoms with Crippen molar-refractivity contribution in [3.05, 3.63) is 0 Å². The standard InChI is InChI=1S/C23H42O4.Na.H/c1-3-5-7-9-10-11-12-13-14-16-20(26-19-24)18-22-21(23(25)27-22)17-15-8-6-4-2;;/h19-22H,3-18H2,1-2H3;;/q;+1;-1/t20?,21-,22-;;/m0../s1. The fraction of sp³-hybridized carbons (Fsp3) is 0.913. The third kappa shape index (κ3) is 12.5. The largest absolute Gasteiger partial charge is 1.00 e. The predicted molar refractivity (Wildman–Crippen MR) is 111 cm³/mol. The summed E-state index contributed by atoms with van der Waals surface area (Å²) >= 11 is 0. The van der Waals surface area contributed by atoms with Crippen LogP contribution >= 0.6 is 0 Å². The van der Waals surface area contributed by atoms with Crippen molar-refractivity contribution in [2.45, 2.75) is 129 Å². The minimum atomic E-state index is -0.108. The monoisotopic (exact) mass is 406 g/mol. The van der Waals surface area contributed by atoms with E-state index in [-0.39, 0.29) is 55.1 Å². The zero-order chi connectivity index (χ0) is 19.7. The first-order valence-corrected chi connectivity index (χ1v) is 11.5. The Labute approximate surface area is 196 Å². The van der Waals surface area contributed by atoms with Crippen molar-refractivity contribution in [3.63, 3.8) is 0 Å². The Kier molecular flexibility index (Phi) is 18.9. The molecular formula is C23H43NaO4. The Balaban J connectivity index is 0. The normalized spacial score (nSPS) is 19.3. The SMILES string of the molecule is CCCCCCCCCCCC(C[C@@H]1OC(=O)[C@H]1CCCCCC)OC=O.[H-].[Na+]. The summed E-state index contributed by atoms with van der Waals surface area (Å²) in [6.45, 7) is 4.99. The van der Waals surface area contributed by atoms with Crippen molar-refractivity contribution >= 4 is 12.4 Å². The second-order valence-electron chi connectivity index (χ2n) is 8.14. The molecule has 0 aromatic carbocycles. The number of unbranched alkanes of at least 4 members (excludes halogenated alkanes) is 11. The van der Waals surface area contributed by atoms with E-state index in [0.29, 0.717) is 12.9 Å². The molecule has 1 rings (SSSR count). The molecule has 0 radical (unpaired) electrons. The van der Waals surface area contributed by atoms with Gasteiger partial charge < -0.3 is 10.9 Å². The average Bonchev–Trinajstić information content (AvgIpc) is 2.66. The van der Waals surface area contributed by atoms with E-state index in [1.807, 2.05) is 0 Å². The fourth-order valence-electron chi connectivity index (χ4n) is 3.97. The van der Waals surface area contributed by atoms with Crippen molar-refractivity contribution in [1.29, 1.82) is 0 Å². The van der Waals surface area contributed by atoms with Crippen LogP contribution in [0.25, 0.3) is 0 Å². The van der Waals surface area contributed by atoms with Gasteiger partial charge in [-0.05, 0) is 19.3 Å². The van der Waals surface area contributed by atoms with Crippen LogP contribution in [0.5, 0.6) is 0 Å². The first-order chi connectivity index (χ1) is 13.2. The number of hydrogen-bond donors (Lipinski definition) is 0. The minimum Gasteiger partial charge on any atom is -1.00 e.